The van der Waals surface area contributed by atoms with Crippen LogP contribution in [0.1, 0.15) is 54.4 Å². The fourth-order valence-corrected chi connectivity index (χ4v) is 4.97. The molecule has 0 unspecified atom stereocenters. The maximum atomic E-state index is 12.3. The highest BCUT2D eigenvalue weighted by Gasteiger charge is 2.43. The van der Waals surface area contributed by atoms with E-state index >= 15 is 0 Å². The summed E-state index contributed by atoms with van der Waals surface area (Å²) in [6.45, 7) is 7.33. The van der Waals surface area contributed by atoms with Crippen LogP contribution in [0.3, 0.4) is 0 Å². The van der Waals surface area contributed by atoms with Crippen LogP contribution in [0.2, 0.25) is 0 Å². The predicted octanol–water partition coefficient (Wildman–Crippen LogP) is 2.13. The van der Waals surface area contributed by atoms with Gasteiger partial charge in [0.1, 0.15) is 0 Å². The number of piperidine rings is 1. The van der Waals surface area contributed by atoms with Gasteiger partial charge in [-0.15, -0.1) is 0 Å². The van der Waals surface area contributed by atoms with Gasteiger partial charge in [-0.25, -0.2) is 0 Å². The Bertz CT molecular complexity index is 610. The SMILES string of the molecule is O=C(NCCN1CCCC1)c1ccc(CNC2CC3(CCNCC3)C2)cc1. The zero-order chi connectivity index (χ0) is 18.5. The first-order chi connectivity index (χ1) is 13.2. The molecule has 1 aliphatic carbocycles. The number of hydrogen-bond acceptors (Lipinski definition) is 4. The van der Waals surface area contributed by atoms with Crippen molar-refractivity contribution in [2.75, 3.05) is 39.3 Å². The van der Waals surface area contributed by atoms with Crippen molar-refractivity contribution in [2.24, 2.45) is 5.41 Å². The quantitative estimate of drug-likeness (QED) is 0.688. The Labute approximate surface area is 163 Å². The number of carbonyl (C=O) groups is 1. The molecule has 148 valence electrons. The monoisotopic (exact) mass is 370 g/mol. The fraction of sp³-hybridized carbons (Fsp3) is 0.682. The molecular formula is C22H34N4O. The van der Waals surface area contributed by atoms with Gasteiger partial charge < -0.3 is 20.9 Å². The van der Waals surface area contributed by atoms with Crippen molar-refractivity contribution in [1.29, 1.82) is 0 Å². The zero-order valence-corrected chi connectivity index (χ0v) is 16.4. The Morgan fingerprint density at radius 1 is 1.11 bits per heavy atom. The summed E-state index contributed by atoms with van der Waals surface area (Å²) in [5.41, 5.74) is 2.65. The van der Waals surface area contributed by atoms with Crippen LogP contribution in [0, 0.1) is 5.41 Å². The van der Waals surface area contributed by atoms with Crippen molar-refractivity contribution in [3.63, 3.8) is 0 Å². The zero-order valence-electron chi connectivity index (χ0n) is 16.4. The number of amides is 1. The first-order valence-corrected chi connectivity index (χ1v) is 10.8. The molecule has 3 fully saturated rings. The van der Waals surface area contributed by atoms with Crippen molar-refractivity contribution < 1.29 is 4.79 Å². The molecule has 5 heteroatoms. The van der Waals surface area contributed by atoms with Crippen molar-refractivity contribution in [3.8, 4) is 0 Å². The average Bonchev–Trinajstić information content (AvgIpc) is 3.19. The maximum absolute atomic E-state index is 12.3. The molecule has 2 saturated heterocycles. The summed E-state index contributed by atoms with van der Waals surface area (Å²) < 4.78 is 0. The first-order valence-electron chi connectivity index (χ1n) is 10.8. The number of rotatable bonds is 7. The summed E-state index contributed by atoms with van der Waals surface area (Å²) in [7, 11) is 0. The Kier molecular flexibility index (Phi) is 6.11. The molecule has 0 atom stereocenters. The highest BCUT2D eigenvalue weighted by atomic mass is 16.1. The van der Waals surface area contributed by atoms with Gasteiger partial charge in [-0.3, -0.25) is 4.79 Å². The minimum atomic E-state index is 0.0422. The molecule has 1 saturated carbocycles. The molecule has 2 aliphatic heterocycles. The number of hydrogen-bond donors (Lipinski definition) is 3. The molecule has 3 aliphatic rings. The van der Waals surface area contributed by atoms with Crippen LogP contribution in [0.4, 0.5) is 0 Å². The third-order valence-corrected chi connectivity index (χ3v) is 6.75. The molecule has 3 N–H and O–H groups in total. The van der Waals surface area contributed by atoms with Gasteiger partial charge in [0.25, 0.3) is 5.91 Å². The van der Waals surface area contributed by atoms with Crippen LogP contribution < -0.4 is 16.0 Å². The van der Waals surface area contributed by atoms with Crippen molar-refractivity contribution in [2.45, 2.75) is 51.1 Å². The fourth-order valence-electron chi connectivity index (χ4n) is 4.97. The second-order valence-corrected chi connectivity index (χ2v) is 8.74. The Morgan fingerprint density at radius 3 is 2.52 bits per heavy atom. The van der Waals surface area contributed by atoms with Crippen LogP contribution in [0.5, 0.6) is 0 Å². The van der Waals surface area contributed by atoms with Crippen LogP contribution in [-0.2, 0) is 6.54 Å². The first kappa shape index (κ1) is 18.9. The normalized spacial score (nSPS) is 22.7. The summed E-state index contributed by atoms with van der Waals surface area (Å²) in [6.07, 6.45) is 7.92. The Balaban J connectivity index is 1.16. The highest BCUT2D eigenvalue weighted by Crippen LogP contribution is 2.47. The van der Waals surface area contributed by atoms with E-state index in [0.29, 0.717) is 11.5 Å². The number of nitrogens with zero attached hydrogens (tertiary/aromatic N) is 1. The summed E-state index contributed by atoms with van der Waals surface area (Å²) in [6, 6.07) is 8.74. The molecule has 1 aromatic rings. The second kappa shape index (κ2) is 8.72. The van der Waals surface area contributed by atoms with Gasteiger partial charge in [0.2, 0.25) is 0 Å². The minimum Gasteiger partial charge on any atom is -0.351 e. The topological polar surface area (TPSA) is 56.4 Å². The van der Waals surface area contributed by atoms with Gasteiger partial charge in [-0.2, -0.15) is 0 Å². The number of carbonyl (C=O) groups excluding carboxylic acids is 1. The molecular weight excluding hydrogens is 336 g/mol. The van der Waals surface area contributed by atoms with Gasteiger partial charge in [0.05, 0.1) is 0 Å². The van der Waals surface area contributed by atoms with Crippen LogP contribution in [0.25, 0.3) is 0 Å². The summed E-state index contributed by atoms with van der Waals surface area (Å²) >= 11 is 0. The lowest BCUT2D eigenvalue weighted by atomic mass is 9.60. The molecule has 0 aromatic heterocycles. The van der Waals surface area contributed by atoms with E-state index in [1.54, 1.807) is 0 Å². The molecule has 27 heavy (non-hydrogen) atoms. The molecule has 1 aromatic carbocycles. The van der Waals surface area contributed by atoms with Gasteiger partial charge in [-0.05, 0) is 87.8 Å². The summed E-state index contributed by atoms with van der Waals surface area (Å²) in [5, 5.41) is 10.2. The molecule has 0 radical (unpaired) electrons. The van der Waals surface area contributed by atoms with Gasteiger partial charge in [0.15, 0.2) is 0 Å². The van der Waals surface area contributed by atoms with E-state index in [9.17, 15) is 4.79 Å². The molecule has 1 amide bonds. The van der Waals surface area contributed by atoms with Crippen LogP contribution in [-0.4, -0.2) is 56.1 Å². The van der Waals surface area contributed by atoms with Crippen molar-refractivity contribution >= 4 is 5.91 Å². The van der Waals surface area contributed by atoms with Crippen LogP contribution >= 0.6 is 0 Å². The Hall–Kier alpha value is -1.43. The van der Waals surface area contributed by atoms with Crippen LogP contribution in [0.15, 0.2) is 24.3 Å². The Morgan fingerprint density at radius 2 is 1.81 bits per heavy atom. The standard InChI is InChI=1S/C22H34N4O/c27-21(24-11-14-26-12-1-2-13-26)19-5-3-18(4-6-19)17-25-20-15-22(16-20)7-9-23-10-8-22/h3-6,20,23,25H,1-2,7-17H2,(H,24,27). The number of benzene rings is 1. The van der Waals surface area contributed by atoms with E-state index in [2.05, 4.69) is 33.0 Å². The van der Waals surface area contributed by atoms with Gasteiger partial charge >= 0.3 is 0 Å². The van der Waals surface area contributed by atoms with E-state index < -0.39 is 0 Å². The minimum absolute atomic E-state index is 0.0422. The predicted molar refractivity (Wildman–Crippen MR) is 109 cm³/mol. The van der Waals surface area contributed by atoms with E-state index in [0.717, 1.165) is 25.2 Å². The van der Waals surface area contributed by atoms with E-state index in [1.807, 2.05) is 12.1 Å². The molecule has 0 bridgehead atoms. The van der Waals surface area contributed by atoms with E-state index in [1.165, 1.54) is 70.3 Å². The molecule has 4 rings (SSSR count). The smallest absolute Gasteiger partial charge is 0.251 e. The lowest BCUT2D eigenvalue weighted by Crippen LogP contribution is -2.52. The average molecular weight is 371 g/mol. The summed E-state index contributed by atoms with van der Waals surface area (Å²) in [4.78, 5) is 14.7. The molecule has 5 nitrogen and oxygen atoms in total. The number of likely N-dealkylation sites (tertiary alicyclic amines) is 1. The molecule has 1 spiro atoms. The molecule has 2 heterocycles. The largest absolute Gasteiger partial charge is 0.351 e. The lowest BCUT2D eigenvalue weighted by molar-refractivity contribution is 0.0452. The van der Waals surface area contributed by atoms with Gasteiger partial charge in [0, 0.05) is 31.2 Å². The van der Waals surface area contributed by atoms with E-state index in [-0.39, 0.29) is 5.91 Å². The summed E-state index contributed by atoms with van der Waals surface area (Å²) in [5.74, 6) is 0.0422. The lowest BCUT2D eigenvalue weighted by Gasteiger charge is -2.50. The van der Waals surface area contributed by atoms with E-state index in [4.69, 9.17) is 0 Å². The highest BCUT2D eigenvalue weighted by molar-refractivity contribution is 5.94. The second-order valence-electron chi connectivity index (χ2n) is 8.74. The van der Waals surface area contributed by atoms with Gasteiger partial charge in [-0.1, -0.05) is 12.1 Å². The van der Waals surface area contributed by atoms with Crippen molar-refractivity contribution in [3.05, 3.63) is 35.4 Å². The third kappa shape index (κ3) is 4.89. The number of nitrogens with one attached hydrogen (secondary N) is 3. The van der Waals surface area contributed by atoms with Crippen molar-refractivity contribution in [1.82, 2.24) is 20.9 Å². The maximum Gasteiger partial charge on any atom is 0.251 e. The third-order valence-electron chi connectivity index (χ3n) is 6.75.